The number of hydrogen-bond donors (Lipinski definition) is 1. The summed E-state index contributed by atoms with van der Waals surface area (Å²) in [5, 5.41) is 10.8. The molecule has 1 amide bonds. The number of aryl methyl sites for hydroxylation is 1. The van der Waals surface area contributed by atoms with Crippen LogP contribution in [0.4, 0.5) is 0 Å². The fraction of sp³-hybridized carbons (Fsp3) is 0.375. The lowest BCUT2D eigenvalue weighted by Gasteiger charge is -2.33. The van der Waals surface area contributed by atoms with Crippen molar-refractivity contribution in [3.8, 4) is 11.1 Å². The molecule has 1 aliphatic heterocycles. The molecule has 1 saturated heterocycles. The van der Waals surface area contributed by atoms with E-state index in [2.05, 4.69) is 41.0 Å². The number of piperidine rings is 1. The van der Waals surface area contributed by atoms with Crippen LogP contribution < -0.4 is 0 Å². The number of fused-ring (bicyclic) bond motifs is 1. The third kappa shape index (κ3) is 6.14. The van der Waals surface area contributed by atoms with Crippen molar-refractivity contribution in [2.45, 2.75) is 50.7 Å². The number of rotatable bonds is 10. The predicted octanol–water partition coefficient (Wildman–Crippen LogP) is 5.44. The van der Waals surface area contributed by atoms with Gasteiger partial charge in [0.25, 0.3) is 0 Å². The van der Waals surface area contributed by atoms with E-state index >= 15 is 0 Å². The van der Waals surface area contributed by atoms with Crippen LogP contribution in [-0.4, -0.2) is 58.4 Å². The minimum absolute atomic E-state index is 0.0187. The third-order valence-corrected chi connectivity index (χ3v) is 7.50. The number of carbonyl (C=O) groups is 1. The Balaban J connectivity index is 1.21. The fourth-order valence-electron chi connectivity index (χ4n) is 5.56. The van der Waals surface area contributed by atoms with Crippen molar-refractivity contribution in [1.82, 2.24) is 14.5 Å². The molecule has 3 aromatic carbocycles. The van der Waals surface area contributed by atoms with Gasteiger partial charge in [-0.3, -0.25) is 4.79 Å². The molecule has 0 aliphatic carbocycles. The van der Waals surface area contributed by atoms with E-state index in [9.17, 15) is 9.90 Å². The second-order valence-corrected chi connectivity index (χ2v) is 10.3. The molecule has 198 valence electrons. The van der Waals surface area contributed by atoms with Crippen molar-refractivity contribution < 1.29 is 14.6 Å². The van der Waals surface area contributed by atoms with E-state index in [0.29, 0.717) is 19.6 Å². The summed E-state index contributed by atoms with van der Waals surface area (Å²) in [7, 11) is 1.73. The highest BCUT2D eigenvalue weighted by Crippen LogP contribution is 2.30. The summed E-state index contributed by atoms with van der Waals surface area (Å²) in [6.07, 6.45) is 2.76. The topological polar surface area (TPSA) is 67.6 Å². The number of para-hydroxylation sites is 2. The van der Waals surface area contributed by atoms with Gasteiger partial charge in [-0.25, -0.2) is 4.98 Å². The molecule has 0 radical (unpaired) electrons. The van der Waals surface area contributed by atoms with Crippen LogP contribution in [0.25, 0.3) is 22.2 Å². The molecule has 6 heteroatoms. The van der Waals surface area contributed by atoms with E-state index in [1.165, 1.54) is 5.56 Å². The molecule has 1 N–H and O–H groups in total. The molecule has 1 aliphatic rings. The van der Waals surface area contributed by atoms with Gasteiger partial charge in [-0.05, 0) is 54.5 Å². The molecule has 4 aromatic rings. The lowest BCUT2D eigenvalue weighted by molar-refractivity contribution is -0.134. The minimum Gasteiger partial charge on any atom is -0.392 e. The number of methoxy groups -OCH3 is 1. The van der Waals surface area contributed by atoms with Crippen LogP contribution in [-0.2, 0) is 22.5 Å². The number of ether oxygens (including phenoxy) is 1. The summed E-state index contributed by atoms with van der Waals surface area (Å²) < 4.78 is 7.59. The average molecular weight is 512 g/mol. The molecule has 0 bridgehead atoms. The number of carbonyl (C=O) groups excluding carboxylic acids is 1. The summed E-state index contributed by atoms with van der Waals surface area (Å²) in [5.74, 6) is 1.26. The SMILES string of the molecule is COCCCn1c(C2CCCN(C(=O)C[C@H](O)Cc3ccc(-c4ccccc4)cc3)C2)nc2ccccc21. The average Bonchev–Trinajstić information content (AvgIpc) is 3.33. The number of hydrogen-bond acceptors (Lipinski definition) is 4. The van der Waals surface area contributed by atoms with Gasteiger partial charge in [0.15, 0.2) is 0 Å². The fourth-order valence-corrected chi connectivity index (χ4v) is 5.56. The van der Waals surface area contributed by atoms with E-state index in [1.54, 1.807) is 7.11 Å². The van der Waals surface area contributed by atoms with Gasteiger partial charge in [0, 0.05) is 39.3 Å². The van der Waals surface area contributed by atoms with Crippen LogP contribution in [0.3, 0.4) is 0 Å². The van der Waals surface area contributed by atoms with Crippen molar-refractivity contribution in [1.29, 1.82) is 0 Å². The van der Waals surface area contributed by atoms with Crippen LogP contribution in [0.15, 0.2) is 78.9 Å². The Kier molecular flexibility index (Phi) is 8.51. The van der Waals surface area contributed by atoms with E-state index in [0.717, 1.165) is 60.3 Å². The first-order valence-corrected chi connectivity index (χ1v) is 13.7. The standard InChI is InChI=1S/C32H37N3O3/c1-38-20-8-19-35-30-13-6-5-12-29(30)33-32(35)27-11-7-18-34(23-27)31(37)22-28(36)21-24-14-16-26(17-15-24)25-9-3-2-4-10-25/h2-6,9-10,12-17,27-28,36H,7-8,11,18-23H2,1H3/t27?,28-/m1/s1. The van der Waals surface area contributed by atoms with Crippen LogP contribution in [0.1, 0.15) is 43.0 Å². The number of aliphatic hydroxyl groups is 1. The molecule has 5 rings (SSSR count). The Labute approximate surface area is 224 Å². The van der Waals surface area contributed by atoms with Gasteiger partial charge in [-0.2, -0.15) is 0 Å². The monoisotopic (exact) mass is 511 g/mol. The smallest absolute Gasteiger partial charge is 0.225 e. The molecule has 2 heterocycles. The molecule has 1 fully saturated rings. The maximum absolute atomic E-state index is 13.2. The first kappa shape index (κ1) is 26.1. The van der Waals surface area contributed by atoms with Gasteiger partial charge >= 0.3 is 0 Å². The van der Waals surface area contributed by atoms with Gasteiger partial charge in [0.1, 0.15) is 5.82 Å². The number of amides is 1. The lowest BCUT2D eigenvalue weighted by Crippen LogP contribution is -2.41. The Bertz CT molecular complexity index is 1330. The summed E-state index contributed by atoms with van der Waals surface area (Å²) >= 11 is 0. The summed E-state index contributed by atoms with van der Waals surface area (Å²) in [6.45, 7) is 2.92. The van der Waals surface area contributed by atoms with Gasteiger partial charge < -0.3 is 19.3 Å². The maximum atomic E-state index is 13.2. The van der Waals surface area contributed by atoms with Gasteiger partial charge in [0.05, 0.1) is 23.6 Å². The molecular formula is C32H37N3O3. The number of benzene rings is 3. The van der Waals surface area contributed by atoms with E-state index in [-0.39, 0.29) is 18.2 Å². The van der Waals surface area contributed by atoms with Crippen LogP contribution >= 0.6 is 0 Å². The molecule has 1 unspecified atom stereocenters. The highest BCUT2D eigenvalue weighted by atomic mass is 16.5. The predicted molar refractivity (Wildman–Crippen MR) is 151 cm³/mol. The first-order chi connectivity index (χ1) is 18.6. The quantitative estimate of drug-likeness (QED) is 0.288. The Hall–Kier alpha value is -3.48. The number of aromatic nitrogens is 2. The molecule has 2 atom stereocenters. The lowest BCUT2D eigenvalue weighted by atomic mass is 9.96. The van der Waals surface area contributed by atoms with Crippen molar-refractivity contribution in [2.24, 2.45) is 0 Å². The second kappa shape index (κ2) is 12.4. The maximum Gasteiger partial charge on any atom is 0.225 e. The molecule has 1 aromatic heterocycles. The van der Waals surface area contributed by atoms with E-state index < -0.39 is 6.10 Å². The number of nitrogens with zero attached hydrogens (tertiary/aromatic N) is 3. The van der Waals surface area contributed by atoms with Crippen molar-refractivity contribution in [3.05, 3.63) is 90.3 Å². The Morgan fingerprint density at radius 3 is 2.55 bits per heavy atom. The molecule has 0 saturated carbocycles. The molecular weight excluding hydrogens is 474 g/mol. The molecule has 0 spiro atoms. The van der Waals surface area contributed by atoms with E-state index in [4.69, 9.17) is 9.72 Å². The first-order valence-electron chi connectivity index (χ1n) is 13.7. The highest BCUT2D eigenvalue weighted by Gasteiger charge is 2.29. The van der Waals surface area contributed by atoms with E-state index in [1.807, 2.05) is 47.4 Å². The normalized spacial score (nSPS) is 16.6. The number of aliphatic hydroxyl groups excluding tert-OH is 1. The zero-order chi connectivity index (χ0) is 26.3. The summed E-state index contributed by atoms with van der Waals surface area (Å²) in [5.41, 5.74) is 5.48. The largest absolute Gasteiger partial charge is 0.392 e. The Morgan fingerprint density at radius 2 is 1.76 bits per heavy atom. The van der Waals surface area contributed by atoms with Crippen LogP contribution in [0.2, 0.25) is 0 Å². The zero-order valence-electron chi connectivity index (χ0n) is 22.1. The van der Waals surface area contributed by atoms with Gasteiger partial charge in [-0.15, -0.1) is 0 Å². The summed E-state index contributed by atoms with van der Waals surface area (Å²) in [6, 6.07) is 26.7. The second-order valence-electron chi connectivity index (χ2n) is 10.3. The van der Waals surface area contributed by atoms with Crippen molar-refractivity contribution in [3.63, 3.8) is 0 Å². The zero-order valence-corrected chi connectivity index (χ0v) is 22.1. The molecule has 38 heavy (non-hydrogen) atoms. The Morgan fingerprint density at radius 1 is 1.03 bits per heavy atom. The number of likely N-dealkylation sites (tertiary alicyclic amines) is 1. The minimum atomic E-state index is -0.705. The van der Waals surface area contributed by atoms with Gasteiger partial charge in [-0.1, -0.05) is 66.7 Å². The van der Waals surface area contributed by atoms with Crippen molar-refractivity contribution in [2.75, 3.05) is 26.8 Å². The van der Waals surface area contributed by atoms with Crippen LogP contribution in [0.5, 0.6) is 0 Å². The summed E-state index contributed by atoms with van der Waals surface area (Å²) in [4.78, 5) is 20.1. The number of imidazole rings is 1. The highest BCUT2D eigenvalue weighted by molar-refractivity contribution is 5.77. The van der Waals surface area contributed by atoms with Crippen LogP contribution in [0, 0.1) is 0 Å². The third-order valence-electron chi connectivity index (χ3n) is 7.50. The van der Waals surface area contributed by atoms with Gasteiger partial charge in [0.2, 0.25) is 5.91 Å². The molecule has 6 nitrogen and oxygen atoms in total. The van der Waals surface area contributed by atoms with Crippen molar-refractivity contribution >= 4 is 16.9 Å².